The minimum absolute atomic E-state index is 0.220. The van der Waals surface area contributed by atoms with Crippen molar-refractivity contribution in [2.45, 2.75) is 19.4 Å². The highest BCUT2D eigenvalue weighted by molar-refractivity contribution is 7.10. The molecule has 1 aliphatic heterocycles. The van der Waals surface area contributed by atoms with Gasteiger partial charge in [-0.05, 0) is 42.0 Å². The fourth-order valence-corrected chi connectivity index (χ4v) is 3.48. The molecule has 0 saturated carbocycles. The van der Waals surface area contributed by atoms with Gasteiger partial charge in [-0.25, -0.2) is 0 Å². The smallest absolute Gasteiger partial charge is 0.231 e. The Morgan fingerprint density at radius 3 is 3.05 bits per heavy atom. The molecule has 3 rings (SSSR count). The maximum atomic E-state index is 5.95. The lowest BCUT2D eigenvalue weighted by atomic mass is 10.0. The van der Waals surface area contributed by atoms with Gasteiger partial charge >= 0.3 is 0 Å². The van der Waals surface area contributed by atoms with Crippen LogP contribution < -0.4 is 10.2 Å². The molecule has 0 amide bonds. The molecule has 2 aromatic heterocycles. The van der Waals surface area contributed by atoms with Crippen molar-refractivity contribution in [1.82, 2.24) is 15.0 Å². The molecule has 0 aliphatic carbocycles. The van der Waals surface area contributed by atoms with Crippen molar-refractivity contribution in [3.8, 4) is 0 Å². The fraction of sp³-hybridized carbons (Fsp3) is 0.417. The molecule has 5 nitrogen and oxygen atoms in total. The Hall–Kier alpha value is -1.40. The second-order valence-corrected chi connectivity index (χ2v) is 5.74. The molecule has 1 aliphatic rings. The number of aromatic nitrogens is 3. The summed E-state index contributed by atoms with van der Waals surface area (Å²) in [6, 6.07) is 2.44. The first kappa shape index (κ1) is 12.6. The van der Waals surface area contributed by atoms with Crippen molar-refractivity contribution < 1.29 is 0 Å². The molecule has 1 atom stereocenters. The number of nitrogens with one attached hydrogen (secondary N) is 1. The van der Waals surface area contributed by atoms with Crippen LogP contribution in [0.3, 0.4) is 0 Å². The van der Waals surface area contributed by atoms with Crippen LogP contribution in [0.4, 0.5) is 11.9 Å². The maximum absolute atomic E-state index is 5.95. The van der Waals surface area contributed by atoms with Crippen LogP contribution in [0.5, 0.6) is 0 Å². The van der Waals surface area contributed by atoms with Gasteiger partial charge in [0, 0.05) is 18.5 Å². The molecular weight excluding hydrogens is 282 g/mol. The monoisotopic (exact) mass is 295 g/mol. The van der Waals surface area contributed by atoms with E-state index in [0.29, 0.717) is 11.9 Å². The zero-order valence-corrected chi connectivity index (χ0v) is 12.3. The van der Waals surface area contributed by atoms with Gasteiger partial charge < -0.3 is 10.2 Å². The van der Waals surface area contributed by atoms with E-state index in [1.165, 1.54) is 10.4 Å². The highest BCUT2D eigenvalue weighted by Gasteiger charge is 2.27. The lowest BCUT2D eigenvalue weighted by Crippen LogP contribution is -2.34. The summed E-state index contributed by atoms with van der Waals surface area (Å²) >= 11 is 7.77. The van der Waals surface area contributed by atoms with Gasteiger partial charge in [-0.1, -0.05) is 0 Å². The van der Waals surface area contributed by atoms with Gasteiger partial charge in [-0.3, -0.25) is 0 Å². The summed E-state index contributed by atoms with van der Waals surface area (Å²) in [6.45, 7) is 3.07. The van der Waals surface area contributed by atoms with E-state index in [4.69, 9.17) is 11.6 Å². The van der Waals surface area contributed by atoms with Crippen molar-refractivity contribution in [1.29, 1.82) is 0 Å². The maximum Gasteiger partial charge on any atom is 0.231 e. The van der Waals surface area contributed by atoms with Crippen molar-refractivity contribution >= 4 is 34.8 Å². The normalized spacial score (nSPS) is 18.3. The largest absolute Gasteiger partial charge is 0.357 e. The van der Waals surface area contributed by atoms with Gasteiger partial charge in [0.2, 0.25) is 17.2 Å². The standard InChI is InChI=1S/C12H14ClN5S/c1-7-8-4-6-19-9(8)3-5-18(7)12-16-10(13)15-11(14-2)17-12/h4,6-7H,3,5H2,1-2H3,(H,14,15,16,17). The summed E-state index contributed by atoms with van der Waals surface area (Å²) < 4.78 is 0. The van der Waals surface area contributed by atoms with Gasteiger partial charge in [-0.2, -0.15) is 15.0 Å². The summed E-state index contributed by atoms with van der Waals surface area (Å²) in [6.07, 6.45) is 1.02. The van der Waals surface area contributed by atoms with Gasteiger partial charge in [0.25, 0.3) is 0 Å². The Kier molecular flexibility index (Phi) is 3.28. The first-order chi connectivity index (χ1) is 9.19. The zero-order valence-electron chi connectivity index (χ0n) is 10.7. The second-order valence-electron chi connectivity index (χ2n) is 4.40. The van der Waals surface area contributed by atoms with Crippen LogP contribution >= 0.6 is 22.9 Å². The average molecular weight is 296 g/mol. The molecule has 0 fully saturated rings. The fourth-order valence-electron chi connectivity index (χ4n) is 2.36. The highest BCUT2D eigenvalue weighted by Crippen LogP contribution is 2.34. The topological polar surface area (TPSA) is 53.9 Å². The van der Waals surface area contributed by atoms with Crippen LogP contribution in [0.25, 0.3) is 0 Å². The van der Waals surface area contributed by atoms with Crippen LogP contribution in [0, 0.1) is 0 Å². The number of anilines is 2. The molecule has 0 saturated heterocycles. The Morgan fingerprint density at radius 1 is 1.42 bits per heavy atom. The third-order valence-electron chi connectivity index (χ3n) is 3.35. The Morgan fingerprint density at radius 2 is 2.26 bits per heavy atom. The summed E-state index contributed by atoms with van der Waals surface area (Å²) in [5.41, 5.74) is 1.36. The lowest BCUT2D eigenvalue weighted by molar-refractivity contribution is 0.614. The first-order valence-corrected chi connectivity index (χ1v) is 7.37. The summed E-state index contributed by atoms with van der Waals surface area (Å²) in [4.78, 5) is 16.3. The number of nitrogens with zero attached hydrogens (tertiary/aromatic N) is 4. The van der Waals surface area contributed by atoms with E-state index in [0.717, 1.165) is 13.0 Å². The van der Waals surface area contributed by atoms with Crippen molar-refractivity contribution in [3.63, 3.8) is 0 Å². The zero-order chi connectivity index (χ0) is 13.4. The molecule has 0 spiro atoms. The number of halogens is 1. The summed E-state index contributed by atoms with van der Waals surface area (Å²) in [5, 5.41) is 5.27. The number of thiophene rings is 1. The Balaban J connectivity index is 1.97. The minimum Gasteiger partial charge on any atom is -0.357 e. The third-order valence-corrected chi connectivity index (χ3v) is 4.52. The van der Waals surface area contributed by atoms with Gasteiger partial charge in [0.05, 0.1) is 6.04 Å². The quantitative estimate of drug-likeness (QED) is 0.923. The van der Waals surface area contributed by atoms with Crippen LogP contribution in [0.15, 0.2) is 11.4 Å². The predicted octanol–water partition coefficient (Wildman–Crippen LogP) is 2.75. The number of hydrogen-bond donors (Lipinski definition) is 1. The molecule has 1 N–H and O–H groups in total. The van der Waals surface area contributed by atoms with E-state index in [1.807, 2.05) is 11.3 Å². The van der Waals surface area contributed by atoms with Crippen LogP contribution in [-0.2, 0) is 6.42 Å². The molecular formula is C12H14ClN5S. The number of rotatable bonds is 2. The molecule has 100 valence electrons. The van der Waals surface area contributed by atoms with E-state index >= 15 is 0 Å². The molecule has 3 heterocycles. The lowest BCUT2D eigenvalue weighted by Gasteiger charge is -2.33. The van der Waals surface area contributed by atoms with E-state index in [9.17, 15) is 0 Å². The second kappa shape index (κ2) is 4.94. The molecule has 7 heteroatoms. The SMILES string of the molecule is CNc1nc(Cl)nc(N2CCc3sccc3C2C)n1. The summed E-state index contributed by atoms with van der Waals surface area (Å²) in [5.74, 6) is 1.13. The molecule has 0 radical (unpaired) electrons. The first-order valence-electron chi connectivity index (χ1n) is 6.11. The van der Waals surface area contributed by atoms with Crippen LogP contribution in [0.1, 0.15) is 23.4 Å². The third kappa shape index (κ3) is 2.26. The Bertz CT molecular complexity index is 600. The van der Waals surface area contributed by atoms with Crippen LogP contribution in [-0.4, -0.2) is 28.5 Å². The van der Waals surface area contributed by atoms with Gasteiger partial charge in [-0.15, -0.1) is 11.3 Å². The predicted molar refractivity (Wildman–Crippen MR) is 78.2 cm³/mol. The van der Waals surface area contributed by atoms with E-state index in [1.54, 1.807) is 7.05 Å². The van der Waals surface area contributed by atoms with Crippen molar-refractivity contribution in [2.75, 3.05) is 23.8 Å². The van der Waals surface area contributed by atoms with Crippen LogP contribution in [0.2, 0.25) is 5.28 Å². The number of hydrogen-bond acceptors (Lipinski definition) is 6. The average Bonchev–Trinajstić information content (AvgIpc) is 2.87. The summed E-state index contributed by atoms with van der Waals surface area (Å²) in [7, 11) is 1.77. The van der Waals surface area contributed by atoms with Crippen molar-refractivity contribution in [3.05, 3.63) is 27.2 Å². The molecule has 2 aromatic rings. The molecule has 0 aromatic carbocycles. The highest BCUT2D eigenvalue weighted by atomic mass is 35.5. The number of fused-ring (bicyclic) bond motifs is 1. The van der Waals surface area contributed by atoms with Gasteiger partial charge in [0.1, 0.15) is 0 Å². The molecule has 19 heavy (non-hydrogen) atoms. The minimum atomic E-state index is 0.220. The molecule has 1 unspecified atom stereocenters. The van der Waals surface area contributed by atoms with Crippen molar-refractivity contribution in [2.24, 2.45) is 0 Å². The van der Waals surface area contributed by atoms with E-state index < -0.39 is 0 Å². The van der Waals surface area contributed by atoms with E-state index in [-0.39, 0.29) is 11.3 Å². The Labute approximate surface area is 120 Å². The van der Waals surface area contributed by atoms with E-state index in [2.05, 4.69) is 43.5 Å². The molecule has 0 bridgehead atoms. The van der Waals surface area contributed by atoms with Gasteiger partial charge in [0.15, 0.2) is 0 Å².